The summed E-state index contributed by atoms with van der Waals surface area (Å²) in [6.07, 6.45) is 8.20. The molecule has 1 aliphatic heterocycles. The monoisotopic (exact) mass is 386 g/mol. The number of hydrogen-bond acceptors (Lipinski definition) is 4. The van der Waals surface area contributed by atoms with Crippen LogP contribution in [0.3, 0.4) is 0 Å². The van der Waals surface area contributed by atoms with E-state index in [-0.39, 0.29) is 0 Å². The molecule has 0 saturated carbocycles. The standard InChI is InChI=1S/C23H34N2OS/c1-3-10-22(4-2)21-27-20-9-15-25(23-11-6-5-7-12-23)14-8-13-24-16-18-26-19-17-24/h3-7,10-12H,1-2,8-9,13-21H2/b22-10+. The lowest BCUT2D eigenvalue weighted by atomic mass is 10.2. The van der Waals surface area contributed by atoms with Gasteiger partial charge in [-0.3, -0.25) is 4.90 Å². The Morgan fingerprint density at radius 2 is 1.85 bits per heavy atom. The second-order valence-electron chi connectivity index (χ2n) is 6.72. The summed E-state index contributed by atoms with van der Waals surface area (Å²) in [6, 6.07) is 10.8. The molecule has 1 fully saturated rings. The molecule has 1 saturated heterocycles. The van der Waals surface area contributed by atoms with Gasteiger partial charge in [0.25, 0.3) is 0 Å². The smallest absolute Gasteiger partial charge is 0.0594 e. The van der Waals surface area contributed by atoms with Gasteiger partial charge >= 0.3 is 0 Å². The molecule has 0 bridgehead atoms. The van der Waals surface area contributed by atoms with Crippen molar-refractivity contribution in [3.05, 3.63) is 67.3 Å². The van der Waals surface area contributed by atoms with Crippen molar-refractivity contribution in [1.82, 2.24) is 4.90 Å². The topological polar surface area (TPSA) is 15.7 Å². The number of allylic oxidation sites excluding steroid dienone is 3. The maximum atomic E-state index is 5.44. The summed E-state index contributed by atoms with van der Waals surface area (Å²) in [6.45, 7) is 14.9. The lowest BCUT2D eigenvalue weighted by molar-refractivity contribution is 0.0376. The normalized spacial score (nSPS) is 15.5. The molecule has 1 aromatic rings. The highest BCUT2D eigenvalue weighted by Crippen LogP contribution is 2.16. The van der Waals surface area contributed by atoms with Crippen molar-refractivity contribution >= 4 is 17.4 Å². The van der Waals surface area contributed by atoms with E-state index in [2.05, 4.69) is 53.3 Å². The van der Waals surface area contributed by atoms with E-state index in [9.17, 15) is 0 Å². The van der Waals surface area contributed by atoms with Crippen molar-refractivity contribution in [2.45, 2.75) is 12.8 Å². The van der Waals surface area contributed by atoms with Crippen LogP contribution in [0, 0.1) is 0 Å². The number of anilines is 1. The van der Waals surface area contributed by atoms with E-state index >= 15 is 0 Å². The van der Waals surface area contributed by atoms with Crippen LogP contribution in [0.4, 0.5) is 5.69 Å². The average molecular weight is 387 g/mol. The predicted octanol–water partition coefficient (Wildman–Crippen LogP) is 4.64. The van der Waals surface area contributed by atoms with E-state index in [1.165, 1.54) is 24.1 Å². The molecular weight excluding hydrogens is 352 g/mol. The van der Waals surface area contributed by atoms with Crippen molar-refractivity contribution in [2.75, 3.05) is 62.3 Å². The van der Waals surface area contributed by atoms with Gasteiger partial charge in [0.15, 0.2) is 0 Å². The summed E-state index contributed by atoms with van der Waals surface area (Å²) in [5.41, 5.74) is 2.59. The van der Waals surface area contributed by atoms with Gasteiger partial charge in [0.05, 0.1) is 13.2 Å². The van der Waals surface area contributed by atoms with Crippen LogP contribution >= 0.6 is 11.8 Å². The predicted molar refractivity (Wildman–Crippen MR) is 121 cm³/mol. The van der Waals surface area contributed by atoms with Gasteiger partial charge in [-0.15, -0.1) is 0 Å². The van der Waals surface area contributed by atoms with Crippen LogP contribution in [-0.2, 0) is 4.74 Å². The molecule has 0 spiro atoms. The third-order valence-electron chi connectivity index (χ3n) is 4.71. The van der Waals surface area contributed by atoms with E-state index in [1.54, 1.807) is 0 Å². The van der Waals surface area contributed by atoms with E-state index < -0.39 is 0 Å². The Labute approximate surface area is 169 Å². The summed E-state index contributed by atoms with van der Waals surface area (Å²) >= 11 is 1.97. The second kappa shape index (κ2) is 13.6. The van der Waals surface area contributed by atoms with Crippen LogP contribution in [0.1, 0.15) is 12.8 Å². The highest BCUT2D eigenvalue weighted by Gasteiger charge is 2.11. The number of hydrogen-bond donors (Lipinski definition) is 0. The van der Waals surface area contributed by atoms with E-state index in [0.717, 1.165) is 57.4 Å². The van der Waals surface area contributed by atoms with Gasteiger partial charge in [0, 0.05) is 44.2 Å². The SMILES string of the molecule is C=C/C=C(\C=C)CSCCCN(CCCN1CCOCC1)c1ccccc1. The lowest BCUT2D eigenvalue weighted by Crippen LogP contribution is -2.38. The van der Waals surface area contributed by atoms with Crippen LogP contribution in [0.2, 0.25) is 0 Å². The number of morpholine rings is 1. The minimum Gasteiger partial charge on any atom is -0.379 e. The molecule has 27 heavy (non-hydrogen) atoms. The highest BCUT2D eigenvalue weighted by atomic mass is 32.2. The van der Waals surface area contributed by atoms with Crippen molar-refractivity contribution in [3.8, 4) is 0 Å². The molecule has 0 aromatic heterocycles. The van der Waals surface area contributed by atoms with Gasteiger partial charge in [-0.2, -0.15) is 11.8 Å². The summed E-state index contributed by atoms with van der Waals surface area (Å²) < 4.78 is 5.44. The molecule has 148 valence electrons. The van der Waals surface area contributed by atoms with E-state index in [4.69, 9.17) is 4.74 Å². The highest BCUT2D eigenvalue weighted by molar-refractivity contribution is 7.99. The number of rotatable bonds is 13. The van der Waals surface area contributed by atoms with Crippen molar-refractivity contribution in [1.29, 1.82) is 0 Å². The Bertz CT molecular complexity index is 567. The minimum absolute atomic E-state index is 0.882. The molecule has 0 unspecified atom stereocenters. The van der Waals surface area contributed by atoms with Gasteiger partial charge in [0.2, 0.25) is 0 Å². The quantitative estimate of drug-likeness (QED) is 0.362. The third kappa shape index (κ3) is 8.83. The van der Waals surface area contributed by atoms with Gasteiger partial charge < -0.3 is 9.64 Å². The number of nitrogens with zero attached hydrogens (tertiary/aromatic N) is 2. The maximum Gasteiger partial charge on any atom is 0.0594 e. The lowest BCUT2D eigenvalue weighted by Gasteiger charge is -2.29. The summed E-state index contributed by atoms with van der Waals surface area (Å²) in [5, 5.41) is 0. The Morgan fingerprint density at radius 1 is 1.11 bits per heavy atom. The Morgan fingerprint density at radius 3 is 2.56 bits per heavy atom. The zero-order chi connectivity index (χ0) is 19.2. The number of benzene rings is 1. The largest absolute Gasteiger partial charge is 0.379 e. The zero-order valence-electron chi connectivity index (χ0n) is 16.5. The first-order valence-corrected chi connectivity index (χ1v) is 11.1. The molecule has 4 heteroatoms. The molecule has 0 atom stereocenters. The molecule has 0 aliphatic carbocycles. The minimum atomic E-state index is 0.882. The van der Waals surface area contributed by atoms with E-state index in [1.807, 2.05) is 30.0 Å². The van der Waals surface area contributed by atoms with Crippen molar-refractivity contribution < 1.29 is 4.74 Å². The van der Waals surface area contributed by atoms with Crippen LogP contribution in [0.25, 0.3) is 0 Å². The number of ether oxygens (including phenoxy) is 1. The first-order valence-electron chi connectivity index (χ1n) is 9.95. The Kier molecular flexibility index (Phi) is 11.0. The maximum absolute atomic E-state index is 5.44. The summed E-state index contributed by atoms with van der Waals surface area (Å²) in [4.78, 5) is 5.06. The molecule has 3 nitrogen and oxygen atoms in total. The van der Waals surface area contributed by atoms with Gasteiger partial charge in [-0.1, -0.05) is 49.6 Å². The van der Waals surface area contributed by atoms with Gasteiger partial charge in [0.1, 0.15) is 0 Å². The zero-order valence-corrected chi connectivity index (χ0v) is 17.3. The van der Waals surface area contributed by atoms with Crippen LogP contribution in [0.15, 0.2) is 67.3 Å². The molecule has 1 heterocycles. The second-order valence-corrected chi connectivity index (χ2v) is 7.82. The average Bonchev–Trinajstić information content (AvgIpc) is 2.72. The van der Waals surface area contributed by atoms with E-state index in [0.29, 0.717) is 0 Å². The van der Waals surface area contributed by atoms with Crippen LogP contribution < -0.4 is 4.90 Å². The van der Waals surface area contributed by atoms with Gasteiger partial charge in [-0.25, -0.2) is 0 Å². The third-order valence-corrected chi connectivity index (χ3v) is 5.82. The Balaban J connectivity index is 1.74. The fourth-order valence-corrected chi connectivity index (χ4v) is 4.12. The number of para-hydroxylation sites is 1. The summed E-state index contributed by atoms with van der Waals surface area (Å²) in [7, 11) is 0. The fraction of sp³-hybridized carbons (Fsp3) is 0.478. The number of thioether (sulfide) groups is 1. The first kappa shape index (κ1) is 21.8. The van der Waals surface area contributed by atoms with Crippen LogP contribution in [0.5, 0.6) is 0 Å². The molecule has 2 rings (SSSR count). The van der Waals surface area contributed by atoms with Crippen molar-refractivity contribution in [2.24, 2.45) is 0 Å². The molecule has 1 aromatic carbocycles. The molecular formula is C23H34N2OS. The molecule has 0 amide bonds. The molecule has 0 radical (unpaired) electrons. The van der Waals surface area contributed by atoms with Crippen molar-refractivity contribution in [3.63, 3.8) is 0 Å². The molecule has 0 N–H and O–H groups in total. The van der Waals surface area contributed by atoms with Gasteiger partial charge in [-0.05, 0) is 36.3 Å². The molecule has 1 aliphatic rings. The van der Waals surface area contributed by atoms with Crippen LogP contribution in [-0.4, -0.2) is 62.3 Å². The summed E-state index contributed by atoms with van der Waals surface area (Å²) in [5.74, 6) is 2.17. The first-order chi connectivity index (χ1) is 13.3. The Hall–Kier alpha value is -1.49. The fourth-order valence-electron chi connectivity index (χ4n) is 3.19.